The number of nitrogen functional groups attached to an aromatic ring is 1. The molecule has 0 saturated carbocycles. The highest BCUT2D eigenvalue weighted by atomic mass is 32.1. The molecule has 0 bridgehead atoms. The molecule has 2 N–H and O–H groups in total. The van der Waals surface area contributed by atoms with Crippen LogP contribution in [0.4, 0.5) is 5.13 Å². The summed E-state index contributed by atoms with van der Waals surface area (Å²) in [4.78, 5) is 31.9. The molecular weight excluding hydrogens is 294 g/mol. The number of carbonyl (C=O) groups is 1. The van der Waals surface area contributed by atoms with Gasteiger partial charge in [-0.2, -0.15) is 0 Å². The molecule has 0 aliphatic heterocycles. The van der Waals surface area contributed by atoms with E-state index in [1.54, 1.807) is 32.4 Å². The lowest BCUT2D eigenvalue weighted by Crippen LogP contribution is -2.40. The van der Waals surface area contributed by atoms with E-state index in [-0.39, 0.29) is 11.4 Å². The average Bonchev–Trinajstić information content (AvgIpc) is 2.74. The number of nitrogens with two attached hydrogens (primary N) is 1. The Morgan fingerprint density at radius 3 is 2.43 bits per heavy atom. The van der Waals surface area contributed by atoms with Gasteiger partial charge in [0.05, 0.1) is 0 Å². The van der Waals surface area contributed by atoms with Crippen LogP contribution in [0, 0.1) is 0 Å². The summed E-state index contributed by atoms with van der Waals surface area (Å²) in [5.41, 5.74) is 3.56. The van der Waals surface area contributed by atoms with Crippen molar-refractivity contribution >= 4 is 34.4 Å². The molecule has 1 heterocycles. The first-order chi connectivity index (χ1) is 9.55. The number of ether oxygens (including phenoxy) is 1. The Morgan fingerprint density at radius 1 is 1.38 bits per heavy atom. The topological polar surface area (TPSA) is 104 Å². The predicted molar refractivity (Wildman–Crippen MR) is 79.8 cm³/mol. The minimum absolute atomic E-state index is 0.167. The third kappa shape index (κ3) is 5.14. The third-order valence-corrected chi connectivity index (χ3v) is 2.79. The van der Waals surface area contributed by atoms with Crippen molar-refractivity contribution in [1.82, 2.24) is 4.98 Å². The Kier molecular flexibility index (Phi) is 5.06. The van der Waals surface area contributed by atoms with Gasteiger partial charge in [-0.05, 0) is 34.6 Å². The summed E-state index contributed by atoms with van der Waals surface area (Å²) in [6, 6.07) is 0. The summed E-state index contributed by atoms with van der Waals surface area (Å²) < 4.78 is 5.21. The number of hydrogen-bond donors (Lipinski definition) is 1. The molecule has 115 valence electrons. The Morgan fingerprint density at radius 2 is 2.00 bits per heavy atom. The van der Waals surface area contributed by atoms with Crippen LogP contribution in [0.2, 0.25) is 0 Å². The molecule has 7 nitrogen and oxygen atoms in total. The largest absolute Gasteiger partial charge is 0.457 e. The summed E-state index contributed by atoms with van der Waals surface area (Å²) >= 11 is 1.16. The number of esters is 1. The van der Waals surface area contributed by atoms with Crippen molar-refractivity contribution in [3.05, 3.63) is 11.1 Å². The van der Waals surface area contributed by atoms with Crippen molar-refractivity contribution in [2.24, 2.45) is 5.16 Å². The molecule has 8 heteroatoms. The number of anilines is 1. The van der Waals surface area contributed by atoms with Gasteiger partial charge in [0.15, 0.2) is 10.8 Å². The number of thiazole rings is 1. The van der Waals surface area contributed by atoms with Crippen LogP contribution in [0.3, 0.4) is 0 Å². The van der Waals surface area contributed by atoms with E-state index in [9.17, 15) is 9.59 Å². The van der Waals surface area contributed by atoms with E-state index in [0.717, 1.165) is 11.3 Å². The maximum atomic E-state index is 12.0. The second-order valence-corrected chi connectivity index (χ2v) is 6.61. The molecule has 0 aromatic carbocycles. The fourth-order valence-corrected chi connectivity index (χ4v) is 1.66. The normalized spacial score (nSPS) is 12.9. The van der Waals surface area contributed by atoms with Crippen LogP contribution in [0.25, 0.3) is 0 Å². The van der Waals surface area contributed by atoms with Crippen LogP contribution >= 0.6 is 11.3 Å². The van der Waals surface area contributed by atoms with Crippen molar-refractivity contribution in [2.45, 2.75) is 45.8 Å². The van der Waals surface area contributed by atoms with Crippen LogP contribution in [0.5, 0.6) is 0 Å². The highest BCUT2D eigenvalue weighted by Gasteiger charge is 2.35. The zero-order valence-electron chi connectivity index (χ0n) is 12.6. The zero-order chi connectivity index (χ0) is 16.3. The van der Waals surface area contributed by atoms with E-state index in [0.29, 0.717) is 5.13 Å². The van der Waals surface area contributed by atoms with Gasteiger partial charge >= 0.3 is 5.97 Å². The first-order valence-corrected chi connectivity index (χ1v) is 7.02. The lowest BCUT2D eigenvalue weighted by atomic mass is 10.1. The quantitative estimate of drug-likeness (QED) is 0.504. The number of rotatable bonds is 5. The first kappa shape index (κ1) is 17.1. The van der Waals surface area contributed by atoms with Gasteiger partial charge in [0.1, 0.15) is 11.3 Å². The molecule has 0 atom stereocenters. The molecule has 0 aliphatic rings. The molecule has 0 saturated heterocycles. The standard InChI is InChI=1S/C13H18N3O4S/c1-12(2,3)19-10(18)13(4,5)20-16-8(6-17)9-7-21-11(14)15-9/h7H,1-5H3,(H2,14,15)/b16-8+. The number of carbonyl (C=O) groups excluding carboxylic acids is 2. The van der Waals surface area contributed by atoms with Crippen LogP contribution in [-0.4, -0.2) is 34.2 Å². The smallest absolute Gasteiger partial charge is 0.353 e. The minimum atomic E-state index is -1.35. The molecule has 0 fully saturated rings. The lowest BCUT2D eigenvalue weighted by molar-refractivity contribution is -0.179. The van der Waals surface area contributed by atoms with Gasteiger partial charge in [-0.15, -0.1) is 11.3 Å². The first-order valence-electron chi connectivity index (χ1n) is 6.14. The van der Waals surface area contributed by atoms with Gasteiger partial charge in [-0.25, -0.2) is 9.78 Å². The van der Waals surface area contributed by atoms with E-state index in [1.165, 1.54) is 13.8 Å². The summed E-state index contributed by atoms with van der Waals surface area (Å²) in [5, 5.41) is 5.46. The van der Waals surface area contributed by atoms with Gasteiger partial charge in [0.2, 0.25) is 5.60 Å². The molecule has 1 rings (SSSR count). The van der Waals surface area contributed by atoms with E-state index in [4.69, 9.17) is 15.3 Å². The molecular formula is C13H18N3O4S. The maximum absolute atomic E-state index is 12.0. The summed E-state index contributed by atoms with van der Waals surface area (Å²) in [7, 11) is 0. The molecule has 21 heavy (non-hydrogen) atoms. The van der Waals surface area contributed by atoms with Crippen LogP contribution in [-0.2, 0) is 19.2 Å². The molecule has 0 unspecified atom stereocenters. The molecule has 0 amide bonds. The average molecular weight is 312 g/mol. The fourth-order valence-electron chi connectivity index (χ4n) is 1.11. The summed E-state index contributed by atoms with van der Waals surface area (Å²) in [6.07, 6.45) is 1.60. The highest BCUT2D eigenvalue weighted by Crippen LogP contribution is 2.18. The lowest BCUT2D eigenvalue weighted by Gasteiger charge is -2.26. The van der Waals surface area contributed by atoms with Crippen molar-refractivity contribution in [2.75, 3.05) is 5.73 Å². The second kappa shape index (κ2) is 6.21. The molecule has 0 aliphatic carbocycles. The van der Waals surface area contributed by atoms with Gasteiger partial charge in [0.25, 0.3) is 6.29 Å². The molecule has 0 spiro atoms. The number of nitrogens with zero attached hydrogens (tertiary/aromatic N) is 2. The van der Waals surface area contributed by atoms with Crippen molar-refractivity contribution in [3.63, 3.8) is 0 Å². The van der Waals surface area contributed by atoms with Gasteiger partial charge in [-0.3, -0.25) is 4.79 Å². The zero-order valence-corrected chi connectivity index (χ0v) is 13.4. The fraction of sp³-hybridized carbons (Fsp3) is 0.538. The second-order valence-electron chi connectivity index (χ2n) is 5.72. The van der Waals surface area contributed by atoms with Crippen molar-refractivity contribution in [1.29, 1.82) is 0 Å². The molecule has 1 aromatic heterocycles. The van der Waals surface area contributed by atoms with Crippen LogP contribution in [0.1, 0.15) is 40.3 Å². The Bertz CT molecular complexity index is 558. The van der Waals surface area contributed by atoms with E-state index in [2.05, 4.69) is 10.1 Å². The third-order valence-electron chi connectivity index (χ3n) is 2.12. The van der Waals surface area contributed by atoms with Gasteiger partial charge in [0, 0.05) is 5.38 Å². The van der Waals surface area contributed by atoms with E-state index < -0.39 is 17.2 Å². The Hall–Kier alpha value is -1.96. The molecule has 1 radical (unpaired) electrons. The van der Waals surface area contributed by atoms with Gasteiger partial charge in [-0.1, -0.05) is 5.16 Å². The number of aromatic nitrogens is 1. The van der Waals surface area contributed by atoms with Crippen LogP contribution in [0.15, 0.2) is 10.5 Å². The van der Waals surface area contributed by atoms with Gasteiger partial charge < -0.3 is 15.3 Å². The van der Waals surface area contributed by atoms with E-state index >= 15 is 0 Å². The monoisotopic (exact) mass is 312 g/mol. The predicted octanol–water partition coefficient (Wildman–Crippen LogP) is 1.68. The summed E-state index contributed by atoms with van der Waals surface area (Å²) in [5.74, 6) is -0.596. The maximum Gasteiger partial charge on any atom is 0.353 e. The SMILES string of the molecule is CC(C)(C)OC(=O)C(C)(C)O/N=C(\[C]=O)c1csc(N)n1. The number of oxime groups is 1. The highest BCUT2D eigenvalue weighted by molar-refractivity contribution is 7.13. The summed E-state index contributed by atoms with van der Waals surface area (Å²) in [6.45, 7) is 8.21. The Labute approximate surface area is 127 Å². The minimum Gasteiger partial charge on any atom is -0.457 e. The van der Waals surface area contributed by atoms with Crippen molar-refractivity contribution < 1.29 is 19.2 Å². The van der Waals surface area contributed by atoms with Crippen LogP contribution < -0.4 is 5.73 Å². The van der Waals surface area contributed by atoms with Crippen molar-refractivity contribution in [3.8, 4) is 0 Å². The van der Waals surface area contributed by atoms with E-state index in [1.807, 2.05) is 0 Å². The Balaban J connectivity index is 2.85. The molecule has 1 aromatic rings. The number of hydrogen-bond acceptors (Lipinski definition) is 8.